The van der Waals surface area contributed by atoms with Gasteiger partial charge in [-0.25, -0.2) is 4.39 Å². The van der Waals surface area contributed by atoms with E-state index in [2.05, 4.69) is 0 Å². The summed E-state index contributed by atoms with van der Waals surface area (Å²) in [5.74, 6) is -1.32. The number of carbonyl (C=O) groups is 1. The molecule has 0 bridgehead atoms. The molecule has 0 saturated carbocycles. The lowest BCUT2D eigenvalue weighted by Crippen LogP contribution is -2.44. The molecule has 2 heterocycles. The Morgan fingerprint density at radius 3 is 2.46 bits per heavy atom. The molecule has 2 atom stereocenters. The van der Waals surface area contributed by atoms with Crippen LogP contribution in [0.4, 0.5) is 28.9 Å². The van der Waals surface area contributed by atoms with Crippen molar-refractivity contribution in [1.29, 1.82) is 5.26 Å². The van der Waals surface area contributed by atoms with E-state index >= 15 is 4.39 Å². The zero-order valence-electron chi connectivity index (χ0n) is 20.2. The number of rotatable bonds is 5. The van der Waals surface area contributed by atoms with Gasteiger partial charge in [0, 0.05) is 24.8 Å². The summed E-state index contributed by atoms with van der Waals surface area (Å²) in [5, 5.41) is 18.6. The summed E-state index contributed by atoms with van der Waals surface area (Å²) < 4.78 is 61.4. The first-order valence-electron chi connectivity index (χ1n) is 11.4. The second-order valence-electron chi connectivity index (χ2n) is 9.43. The number of hydrogen-bond donors (Lipinski definition) is 1. The van der Waals surface area contributed by atoms with Gasteiger partial charge in [-0.15, -0.1) is 0 Å². The lowest BCUT2D eigenvalue weighted by molar-refractivity contribution is -0.137. The molecule has 2 unspecified atom stereocenters. The molecule has 2 aromatic rings. The minimum Gasteiger partial charge on any atom is -0.486 e. The van der Waals surface area contributed by atoms with E-state index in [9.17, 15) is 23.1 Å². The van der Waals surface area contributed by atoms with E-state index in [0.717, 1.165) is 17.0 Å². The average Bonchev–Trinajstić information content (AvgIpc) is 3.35. The van der Waals surface area contributed by atoms with E-state index in [1.807, 2.05) is 0 Å². The number of carbonyl (C=O) groups excluding carboxylic acids is 1. The van der Waals surface area contributed by atoms with Crippen LogP contribution in [-0.2, 0) is 11.0 Å². The molecule has 2 aromatic carbocycles. The third kappa shape index (κ3) is 4.86. The van der Waals surface area contributed by atoms with Gasteiger partial charge < -0.3 is 14.7 Å². The quantitative estimate of drug-likeness (QED) is 0.448. The molecule has 0 radical (unpaired) electrons. The van der Waals surface area contributed by atoms with Crippen molar-refractivity contribution in [1.82, 2.24) is 4.90 Å². The van der Waals surface area contributed by atoms with Crippen LogP contribution in [0, 0.1) is 17.1 Å². The van der Waals surface area contributed by atoms with Gasteiger partial charge >= 0.3 is 6.18 Å². The largest absolute Gasteiger partial charge is 0.486 e. The molecule has 2 aliphatic heterocycles. The molecule has 37 heavy (non-hydrogen) atoms. The number of likely N-dealkylation sites (tertiary alicyclic amines) is 1. The number of nitriles is 1. The van der Waals surface area contributed by atoms with Crippen molar-refractivity contribution >= 4 is 34.6 Å². The van der Waals surface area contributed by atoms with Crippen LogP contribution in [0.2, 0.25) is 0 Å². The van der Waals surface area contributed by atoms with E-state index < -0.39 is 40.8 Å². The van der Waals surface area contributed by atoms with Crippen molar-refractivity contribution in [2.24, 2.45) is 0 Å². The Morgan fingerprint density at radius 1 is 1.22 bits per heavy atom. The Kier molecular flexibility index (Phi) is 6.92. The highest BCUT2D eigenvalue weighted by molar-refractivity contribution is 7.81. The van der Waals surface area contributed by atoms with Gasteiger partial charge in [-0.1, -0.05) is 0 Å². The molecule has 0 spiro atoms. The average molecular weight is 537 g/mol. The molecular weight excluding hydrogens is 512 g/mol. The number of hydrogen-bond acceptors (Lipinski definition) is 6. The Bertz CT molecular complexity index is 1290. The molecular formula is C25H24F4N4O3S. The Morgan fingerprint density at radius 2 is 1.89 bits per heavy atom. The number of aliphatic hydroxyl groups excluding tert-OH is 1. The maximum absolute atomic E-state index is 15.1. The number of amides is 1. The lowest BCUT2D eigenvalue weighted by Gasteiger charge is -2.29. The fourth-order valence-corrected chi connectivity index (χ4v) is 5.07. The summed E-state index contributed by atoms with van der Waals surface area (Å²) in [6.07, 6.45) is -5.15. The van der Waals surface area contributed by atoms with Crippen molar-refractivity contribution < 1.29 is 32.2 Å². The predicted octanol–water partition coefficient (Wildman–Crippen LogP) is 4.42. The first kappa shape index (κ1) is 26.8. The Hall–Kier alpha value is -3.27. The van der Waals surface area contributed by atoms with Crippen molar-refractivity contribution in [2.45, 2.75) is 51.2 Å². The third-order valence-electron chi connectivity index (χ3n) is 6.53. The Labute approximate surface area is 216 Å². The van der Waals surface area contributed by atoms with Crippen LogP contribution in [0.25, 0.3) is 0 Å². The maximum atomic E-state index is 15.1. The van der Waals surface area contributed by atoms with Crippen LogP contribution in [0.1, 0.15) is 38.3 Å². The topological polar surface area (TPSA) is 80.0 Å². The molecule has 0 aromatic heterocycles. The molecule has 12 heteroatoms. The summed E-state index contributed by atoms with van der Waals surface area (Å²) >= 11 is 5.48. The minimum atomic E-state index is -4.81. The van der Waals surface area contributed by atoms with Crippen LogP contribution in [-0.4, -0.2) is 52.0 Å². The number of halogens is 4. The van der Waals surface area contributed by atoms with Crippen LogP contribution in [0.3, 0.4) is 0 Å². The molecule has 2 aliphatic rings. The zero-order valence-corrected chi connectivity index (χ0v) is 21.0. The minimum absolute atomic E-state index is 0.00536. The summed E-state index contributed by atoms with van der Waals surface area (Å²) in [6.45, 7) is 5.76. The Balaban J connectivity index is 1.63. The second kappa shape index (κ2) is 9.55. The molecule has 7 nitrogen and oxygen atoms in total. The summed E-state index contributed by atoms with van der Waals surface area (Å²) in [4.78, 5) is 17.4. The van der Waals surface area contributed by atoms with Gasteiger partial charge in [0.15, 0.2) is 16.7 Å². The highest BCUT2D eigenvalue weighted by Gasteiger charge is 2.51. The van der Waals surface area contributed by atoms with Gasteiger partial charge in [0.2, 0.25) is 0 Å². The van der Waals surface area contributed by atoms with Gasteiger partial charge in [0.1, 0.15) is 17.9 Å². The summed E-state index contributed by atoms with van der Waals surface area (Å²) in [5.41, 5.74) is -3.05. The van der Waals surface area contributed by atoms with Crippen LogP contribution >= 0.6 is 12.2 Å². The summed E-state index contributed by atoms with van der Waals surface area (Å²) in [7, 11) is 0. The monoisotopic (exact) mass is 536 g/mol. The fourth-order valence-electron chi connectivity index (χ4n) is 4.55. The number of benzene rings is 2. The van der Waals surface area contributed by atoms with Gasteiger partial charge in [-0.05, 0) is 69.7 Å². The van der Waals surface area contributed by atoms with E-state index in [1.165, 1.54) is 43.0 Å². The van der Waals surface area contributed by atoms with E-state index in [-0.39, 0.29) is 28.3 Å². The number of thiocarbonyl (C=S) groups is 1. The van der Waals surface area contributed by atoms with E-state index in [1.54, 1.807) is 11.8 Å². The van der Waals surface area contributed by atoms with Gasteiger partial charge in [0.25, 0.3) is 5.91 Å². The molecule has 196 valence electrons. The number of ether oxygens (including phenoxy) is 1. The number of aliphatic hydroxyl groups is 1. The molecule has 2 fully saturated rings. The number of anilines is 2. The fraction of sp³-hybridized carbons (Fsp3) is 0.400. The van der Waals surface area contributed by atoms with Crippen LogP contribution < -0.4 is 14.5 Å². The molecule has 0 aliphatic carbocycles. The highest BCUT2D eigenvalue weighted by atomic mass is 32.1. The normalized spacial score (nSPS) is 20.9. The maximum Gasteiger partial charge on any atom is 0.417 e. The van der Waals surface area contributed by atoms with E-state index in [0.29, 0.717) is 25.6 Å². The SMILES string of the molecule is CC(O)N1CCC(Oc2ccc(N3C(=S)N(c4ccc(C#N)c(C(F)(F)F)c4)C(=O)C3(C)C)cc2F)C1. The van der Waals surface area contributed by atoms with E-state index in [4.69, 9.17) is 22.2 Å². The standard InChI is InChI=1S/C25H24F4N4O3S/c1-14(34)31-9-8-18(13-31)36-21-7-6-17(11-20(21)26)33-23(37)32(22(35)24(33,2)3)16-5-4-15(12-30)19(10-16)25(27,28)29/h4-7,10-11,14,18,34H,8-9,13H2,1-3H3. The van der Waals surface area contributed by atoms with Crippen molar-refractivity contribution in [2.75, 3.05) is 22.9 Å². The van der Waals surface area contributed by atoms with Gasteiger partial charge in [-0.2, -0.15) is 18.4 Å². The molecule has 1 N–H and O–H groups in total. The lowest BCUT2D eigenvalue weighted by atomic mass is 10.0. The molecule has 2 saturated heterocycles. The smallest absolute Gasteiger partial charge is 0.417 e. The van der Waals surface area contributed by atoms with Crippen LogP contribution in [0.5, 0.6) is 5.75 Å². The van der Waals surface area contributed by atoms with Crippen molar-refractivity contribution in [3.8, 4) is 11.8 Å². The van der Waals surface area contributed by atoms with Crippen molar-refractivity contribution in [3.63, 3.8) is 0 Å². The van der Waals surface area contributed by atoms with Gasteiger partial charge in [0.05, 0.1) is 22.9 Å². The summed E-state index contributed by atoms with van der Waals surface area (Å²) in [6, 6.07) is 8.49. The van der Waals surface area contributed by atoms with Crippen LogP contribution in [0.15, 0.2) is 36.4 Å². The first-order chi connectivity index (χ1) is 17.3. The van der Waals surface area contributed by atoms with Gasteiger partial charge in [-0.3, -0.25) is 14.6 Å². The second-order valence-corrected chi connectivity index (χ2v) is 9.79. The predicted molar refractivity (Wildman–Crippen MR) is 131 cm³/mol. The number of alkyl halides is 3. The molecule has 1 amide bonds. The third-order valence-corrected chi connectivity index (χ3v) is 6.89. The first-order valence-corrected chi connectivity index (χ1v) is 11.8. The number of nitrogens with zero attached hydrogens (tertiary/aromatic N) is 4. The molecule has 4 rings (SSSR count). The highest BCUT2D eigenvalue weighted by Crippen LogP contribution is 2.40. The zero-order chi connectivity index (χ0) is 27.3. The van der Waals surface area contributed by atoms with Crippen molar-refractivity contribution in [3.05, 3.63) is 53.3 Å².